The molecule has 1 aliphatic rings. The number of sulfonamides is 1. The van der Waals surface area contributed by atoms with Gasteiger partial charge in [0.05, 0.1) is 11.3 Å². The quantitative estimate of drug-likeness (QED) is 0.860. The summed E-state index contributed by atoms with van der Waals surface area (Å²) in [6, 6.07) is 7.42. The van der Waals surface area contributed by atoms with Gasteiger partial charge in [0.25, 0.3) is 0 Å². The highest BCUT2D eigenvalue weighted by molar-refractivity contribution is 7.88. The van der Waals surface area contributed by atoms with E-state index in [1.54, 1.807) is 6.07 Å². The minimum atomic E-state index is -3.11. The van der Waals surface area contributed by atoms with Crippen LogP contribution in [0, 0.1) is 0 Å². The lowest BCUT2D eigenvalue weighted by molar-refractivity contribution is 0.201. The summed E-state index contributed by atoms with van der Waals surface area (Å²) in [4.78, 5) is 2.18. The molecule has 0 aliphatic carbocycles. The van der Waals surface area contributed by atoms with E-state index in [2.05, 4.69) is 9.62 Å². The predicted octanol–water partition coefficient (Wildman–Crippen LogP) is 1.34. The molecule has 7 heteroatoms. The first-order valence-electron chi connectivity index (χ1n) is 6.52. The third-order valence-electron chi connectivity index (χ3n) is 3.15. The molecule has 0 radical (unpaired) electrons. The molecule has 20 heavy (non-hydrogen) atoms. The van der Waals surface area contributed by atoms with Gasteiger partial charge in [-0.1, -0.05) is 23.7 Å². The standard InChI is InChI=1S/C13H19ClN2O3S/c1-20(17,18)15-7-9-16-8-6-11(10-16)19-13-5-3-2-4-12(13)14/h2-5,11,15H,6-10H2,1H3. The molecule has 0 aromatic heterocycles. The van der Waals surface area contributed by atoms with E-state index in [1.807, 2.05) is 18.2 Å². The zero-order chi connectivity index (χ0) is 14.6. The molecule has 1 aromatic carbocycles. The van der Waals surface area contributed by atoms with Crippen LogP contribution in [0.1, 0.15) is 6.42 Å². The van der Waals surface area contributed by atoms with Gasteiger partial charge in [0.15, 0.2) is 0 Å². The number of halogens is 1. The Morgan fingerprint density at radius 1 is 1.45 bits per heavy atom. The number of likely N-dealkylation sites (tertiary alicyclic amines) is 1. The van der Waals surface area contributed by atoms with Crippen LogP contribution in [0.3, 0.4) is 0 Å². The number of nitrogens with one attached hydrogen (secondary N) is 1. The Morgan fingerprint density at radius 3 is 2.90 bits per heavy atom. The van der Waals surface area contributed by atoms with Gasteiger partial charge < -0.3 is 4.74 Å². The minimum absolute atomic E-state index is 0.105. The van der Waals surface area contributed by atoms with Crippen LogP contribution >= 0.6 is 11.6 Å². The summed E-state index contributed by atoms with van der Waals surface area (Å²) < 4.78 is 30.3. The van der Waals surface area contributed by atoms with Crippen molar-refractivity contribution in [1.82, 2.24) is 9.62 Å². The first-order chi connectivity index (χ1) is 9.44. The first-order valence-corrected chi connectivity index (χ1v) is 8.79. The van der Waals surface area contributed by atoms with Crippen molar-refractivity contribution in [2.45, 2.75) is 12.5 Å². The van der Waals surface area contributed by atoms with Crippen molar-refractivity contribution >= 4 is 21.6 Å². The molecule has 5 nitrogen and oxygen atoms in total. The van der Waals surface area contributed by atoms with Crippen molar-refractivity contribution in [2.24, 2.45) is 0 Å². The van der Waals surface area contributed by atoms with Gasteiger partial charge in [0, 0.05) is 26.2 Å². The third kappa shape index (κ3) is 4.94. The maximum absolute atomic E-state index is 11.0. The molecule has 2 rings (SSSR count). The Balaban J connectivity index is 1.77. The van der Waals surface area contributed by atoms with Crippen molar-refractivity contribution in [2.75, 3.05) is 32.4 Å². The molecule has 1 fully saturated rings. The molecule has 1 heterocycles. The average molecular weight is 319 g/mol. The number of nitrogens with zero attached hydrogens (tertiary/aromatic N) is 1. The highest BCUT2D eigenvalue weighted by Gasteiger charge is 2.24. The van der Waals surface area contributed by atoms with Crippen LogP contribution in [0.4, 0.5) is 0 Å². The number of para-hydroxylation sites is 1. The monoisotopic (exact) mass is 318 g/mol. The fraction of sp³-hybridized carbons (Fsp3) is 0.538. The Hall–Kier alpha value is -0.820. The number of rotatable bonds is 6. The molecular formula is C13H19ClN2O3S. The Kier molecular flexibility index (Phi) is 5.26. The molecule has 0 amide bonds. The second-order valence-electron chi connectivity index (χ2n) is 4.93. The van der Waals surface area contributed by atoms with Gasteiger partial charge in [0.2, 0.25) is 10.0 Å². The van der Waals surface area contributed by atoms with Gasteiger partial charge in [-0.05, 0) is 18.6 Å². The van der Waals surface area contributed by atoms with E-state index in [0.717, 1.165) is 19.5 Å². The third-order valence-corrected chi connectivity index (χ3v) is 4.19. The molecule has 1 saturated heterocycles. The van der Waals surface area contributed by atoms with E-state index in [1.165, 1.54) is 6.26 Å². The lowest BCUT2D eigenvalue weighted by Crippen LogP contribution is -2.34. The number of hydrogen-bond donors (Lipinski definition) is 1. The lowest BCUT2D eigenvalue weighted by Gasteiger charge is -2.17. The second-order valence-corrected chi connectivity index (χ2v) is 7.17. The smallest absolute Gasteiger partial charge is 0.208 e. The van der Waals surface area contributed by atoms with Gasteiger partial charge in [-0.25, -0.2) is 13.1 Å². The predicted molar refractivity (Wildman–Crippen MR) is 79.8 cm³/mol. The molecule has 1 atom stereocenters. The first kappa shape index (κ1) is 15.6. The minimum Gasteiger partial charge on any atom is -0.487 e. The van der Waals surface area contributed by atoms with E-state index in [0.29, 0.717) is 23.9 Å². The van der Waals surface area contributed by atoms with Crippen LogP contribution in [0.2, 0.25) is 5.02 Å². The molecule has 0 spiro atoms. The Morgan fingerprint density at radius 2 is 2.20 bits per heavy atom. The topological polar surface area (TPSA) is 58.6 Å². The van der Waals surface area contributed by atoms with Crippen LogP contribution in [0.25, 0.3) is 0 Å². The summed E-state index contributed by atoms with van der Waals surface area (Å²) in [5.74, 6) is 0.704. The summed E-state index contributed by atoms with van der Waals surface area (Å²) in [6.45, 7) is 2.81. The molecule has 1 unspecified atom stereocenters. The van der Waals surface area contributed by atoms with Crippen molar-refractivity contribution in [3.05, 3.63) is 29.3 Å². The summed E-state index contributed by atoms with van der Waals surface area (Å²) in [6.07, 6.45) is 2.19. The van der Waals surface area contributed by atoms with E-state index in [4.69, 9.17) is 16.3 Å². The Labute approximate surface area is 124 Å². The molecular weight excluding hydrogens is 300 g/mol. The molecule has 0 saturated carbocycles. The van der Waals surface area contributed by atoms with Crippen LogP contribution in [-0.4, -0.2) is 51.9 Å². The van der Waals surface area contributed by atoms with Gasteiger partial charge >= 0.3 is 0 Å². The van der Waals surface area contributed by atoms with Crippen molar-refractivity contribution in [1.29, 1.82) is 0 Å². The fourth-order valence-electron chi connectivity index (χ4n) is 2.21. The van der Waals surface area contributed by atoms with Crippen molar-refractivity contribution < 1.29 is 13.2 Å². The summed E-state index contributed by atoms with van der Waals surface area (Å²) in [5, 5.41) is 0.615. The van der Waals surface area contributed by atoms with Gasteiger partial charge in [0.1, 0.15) is 11.9 Å². The maximum Gasteiger partial charge on any atom is 0.208 e. The van der Waals surface area contributed by atoms with Gasteiger partial charge in [-0.2, -0.15) is 0 Å². The number of ether oxygens (including phenoxy) is 1. The number of hydrogen-bond acceptors (Lipinski definition) is 4. The molecule has 0 bridgehead atoms. The van der Waals surface area contributed by atoms with Crippen LogP contribution < -0.4 is 9.46 Å². The van der Waals surface area contributed by atoms with Crippen LogP contribution in [0.5, 0.6) is 5.75 Å². The lowest BCUT2D eigenvalue weighted by atomic mass is 10.3. The summed E-state index contributed by atoms with van der Waals surface area (Å²) in [7, 11) is -3.11. The summed E-state index contributed by atoms with van der Waals surface area (Å²) in [5.41, 5.74) is 0. The summed E-state index contributed by atoms with van der Waals surface area (Å²) >= 11 is 6.06. The highest BCUT2D eigenvalue weighted by atomic mass is 35.5. The average Bonchev–Trinajstić information content (AvgIpc) is 2.78. The zero-order valence-corrected chi connectivity index (χ0v) is 13.0. The fourth-order valence-corrected chi connectivity index (χ4v) is 2.85. The SMILES string of the molecule is CS(=O)(=O)NCCN1CCC(Oc2ccccc2Cl)C1. The second kappa shape index (κ2) is 6.76. The zero-order valence-electron chi connectivity index (χ0n) is 11.4. The normalized spacial score (nSPS) is 20.2. The molecule has 1 aliphatic heterocycles. The molecule has 1 aromatic rings. The van der Waals surface area contributed by atoms with Gasteiger partial charge in [-0.15, -0.1) is 0 Å². The van der Waals surface area contributed by atoms with E-state index in [-0.39, 0.29) is 6.10 Å². The van der Waals surface area contributed by atoms with Crippen LogP contribution in [0.15, 0.2) is 24.3 Å². The number of benzene rings is 1. The van der Waals surface area contributed by atoms with E-state index in [9.17, 15) is 8.42 Å². The highest BCUT2D eigenvalue weighted by Crippen LogP contribution is 2.26. The van der Waals surface area contributed by atoms with Gasteiger partial charge in [-0.3, -0.25) is 4.90 Å². The van der Waals surface area contributed by atoms with Crippen molar-refractivity contribution in [3.8, 4) is 5.75 Å². The maximum atomic E-state index is 11.0. The van der Waals surface area contributed by atoms with Crippen LogP contribution in [-0.2, 0) is 10.0 Å². The molecule has 112 valence electrons. The molecule has 1 N–H and O–H groups in total. The largest absolute Gasteiger partial charge is 0.487 e. The Bertz CT molecular complexity index is 550. The van der Waals surface area contributed by atoms with E-state index < -0.39 is 10.0 Å². The van der Waals surface area contributed by atoms with E-state index >= 15 is 0 Å². The van der Waals surface area contributed by atoms with Crippen molar-refractivity contribution in [3.63, 3.8) is 0 Å².